The van der Waals surface area contributed by atoms with Gasteiger partial charge in [0.05, 0.1) is 0 Å². The molecule has 0 unspecified atom stereocenters. The van der Waals surface area contributed by atoms with E-state index in [2.05, 4.69) is 5.32 Å². The van der Waals surface area contributed by atoms with E-state index in [1.54, 1.807) is 0 Å². The smallest absolute Gasteiger partial charge is 0.408 e. The third kappa shape index (κ3) is 5.82. The molecule has 6 nitrogen and oxygen atoms in total. The number of ether oxygens (including phenoxy) is 1. The number of amides is 1. The maximum atomic E-state index is 12.5. The van der Waals surface area contributed by atoms with E-state index in [0.29, 0.717) is 13.0 Å². The highest BCUT2D eigenvalue weighted by molar-refractivity contribution is 5.76. The van der Waals surface area contributed by atoms with Crippen LogP contribution in [0.15, 0.2) is 60.7 Å². The van der Waals surface area contributed by atoms with Crippen molar-refractivity contribution in [3.8, 4) is 0 Å². The summed E-state index contributed by atoms with van der Waals surface area (Å²) in [5, 5.41) is 11.2. The second-order valence-electron chi connectivity index (χ2n) is 7.22. The summed E-state index contributed by atoms with van der Waals surface area (Å²) in [6, 6.07) is 19.5. The normalized spacial score (nSPS) is 14.1. The lowest BCUT2D eigenvalue weighted by molar-refractivity contribution is -0.136. The SMILES string of the molecule is C[C@H](CN(C)C)[C@](Cc1ccccc1)(OC(=O)NCC(=O)O)c1ccccc1. The van der Waals surface area contributed by atoms with Gasteiger partial charge < -0.3 is 20.1 Å². The quantitative estimate of drug-likeness (QED) is 0.694. The van der Waals surface area contributed by atoms with Gasteiger partial charge in [-0.15, -0.1) is 0 Å². The fourth-order valence-corrected chi connectivity index (χ4v) is 3.42. The molecule has 150 valence electrons. The van der Waals surface area contributed by atoms with E-state index in [0.717, 1.165) is 11.1 Å². The summed E-state index contributed by atoms with van der Waals surface area (Å²) in [5.74, 6) is -1.17. The number of aliphatic carboxylic acids is 1. The molecular formula is C22H28N2O4. The van der Waals surface area contributed by atoms with Gasteiger partial charge in [0.2, 0.25) is 0 Å². The van der Waals surface area contributed by atoms with Crippen molar-refractivity contribution in [2.24, 2.45) is 5.92 Å². The molecule has 0 spiro atoms. The highest BCUT2D eigenvalue weighted by Crippen LogP contribution is 2.38. The first kappa shape index (κ1) is 21.4. The van der Waals surface area contributed by atoms with E-state index in [4.69, 9.17) is 9.84 Å². The fourth-order valence-electron chi connectivity index (χ4n) is 3.42. The first-order chi connectivity index (χ1) is 13.3. The van der Waals surface area contributed by atoms with Gasteiger partial charge in [-0.05, 0) is 25.2 Å². The molecule has 0 heterocycles. The highest BCUT2D eigenvalue weighted by Gasteiger charge is 2.42. The summed E-state index contributed by atoms with van der Waals surface area (Å²) in [7, 11) is 3.94. The van der Waals surface area contributed by atoms with E-state index < -0.39 is 24.2 Å². The van der Waals surface area contributed by atoms with Crippen molar-refractivity contribution in [3.63, 3.8) is 0 Å². The van der Waals surface area contributed by atoms with Crippen molar-refractivity contribution in [1.82, 2.24) is 10.2 Å². The maximum absolute atomic E-state index is 12.5. The Kier molecular flexibility index (Phi) is 7.58. The molecule has 0 saturated carbocycles. The molecule has 6 heteroatoms. The first-order valence-corrected chi connectivity index (χ1v) is 9.26. The van der Waals surface area contributed by atoms with E-state index in [1.807, 2.05) is 86.6 Å². The summed E-state index contributed by atoms with van der Waals surface area (Å²) in [5.41, 5.74) is 0.955. The number of carbonyl (C=O) groups is 2. The monoisotopic (exact) mass is 384 g/mol. The number of nitrogens with zero attached hydrogens (tertiary/aromatic N) is 1. The van der Waals surface area contributed by atoms with Gasteiger partial charge in [0.15, 0.2) is 0 Å². The van der Waals surface area contributed by atoms with Crippen molar-refractivity contribution in [3.05, 3.63) is 71.8 Å². The Hall–Kier alpha value is -2.86. The van der Waals surface area contributed by atoms with Crippen molar-refractivity contribution in [1.29, 1.82) is 0 Å². The van der Waals surface area contributed by atoms with Gasteiger partial charge in [0.1, 0.15) is 12.1 Å². The molecule has 0 aromatic heterocycles. The predicted molar refractivity (Wildman–Crippen MR) is 108 cm³/mol. The van der Waals surface area contributed by atoms with Crippen LogP contribution in [0.5, 0.6) is 0 Å². The molecule has 28 heavy (non-hydrogen) atoms. The first-order valence-electron chi connectivity index (χ1n) is 9.26. The molecule has 2 aromatic rings. The predicted octanol–water partition coefficient (Wildman–Crippen LogP) is 3.13. The number of benzene rings is 2. The summed E-state index contributed by atoms with van der Waals surface area (Å²) in [4.78, 5) is 25.4. The molecule has 2 rings (SSSR count). The van der Waals surface area contributed by atoms with Crippen LogP contribution in [-0.2, 0) is 21.6 Å². The molecular weight excluding hydrogens is 356 g/mol. The Morgan fingerprint density at radius 3 is 2.18 bits per heavy atom. The molecule has 0 aliphatic carbocycles. The number of carboxylic acid groups (broad SMARTS) is 1. The molecule has 0 aliphatic rings. The lowest BCUT2D eigenvalue weighted by Crippen LogP contribution is -2.47. The zero-order chi connectivity index (χ0) is 20.6. The summed E-state index contributed by atoms with van der Waals surface area (Å²) in [6.07, 6.45) is -0.263. The zero-order valence-corrected chi connectivity index (χ0v) is 16.6. The molecule has 0 fully saturated rings. The Balaban J connectivity index is 2.47. The van der Waals surface area contributed by atoms with Gasteiger partial charge >= 0.3 is 12.1 Å². The van der Waals surface area contributed by atoms with Crippen molar-refractivity contribution < 1.29 is 19.4 Å². The molecule has 0 saturated heterocycles. The number of hydrogen-bond donors (Lipinski definition) is 2. The number of alkyl carbamates (subject to hydrolysis) is 1. The third-order valence-electron chi connectivity index (χ3n) is 4.67. The van der Waals surface area contributed by atoms with Gasteiger partial charge in [0.25, 0.3) is 0 Å². The Morgan fingerprint density at radius 1 is 1.07 bits per heavy atom. The lowest BCUT2D eigenvalue weighted by Gasteiger charge is -2.40. The largest absolute Gasteiger partial charge is 0.480 e. The number of carbonyl (C=O) groups excluding carboxylic acids is 1. The average molecular weight is 384 g/mol. The molecule has 2 aromatic carbocycles. The van der Waals surface area contributed by atoms with E-state index >= 15 is 0 Å². The van der Waals surface area contributed by atoms with Crippen LogP contribution in [0.3, 0.4) is 0 Å². The van der Waals surface area contributed by atoms with Crippen molar-refractivity contribution in [2.45, 2.75) is 18.9 Å². The van der Waals surface area contributed by atoms with Gasteiger partial charge in [0, 0.05) is 18.9 Å². The van der Waals surface area contributed by atoms with Crippen LogP contribution in [0.25, 0.3) is 0 Å². The van der Waals surface area contributed by atoms with Crippen LogP contribution in [0, 0.1) is 5.92 Å². The van der Waals surface area contributed by atoms with E-state index in [9.17, 15) is 9.59 Å². The molecule has 0 bridgehead atoms. The summed E-state index contributed by atoms with van der Waals surface area (Å²) >= 11 is 0. The highest BCUT2D eigenvalue weighted by atomic mass is 16.6. The van der Waals surface area contributed by atoms with E-state index in [1.165, 1.54) is 0 Å². The number of nitrogens with one attached hydrogen (secondary N) is 1. The van der Waals surface area contributed by atoms with Crippen LogP contribution < -0.4 is 5.32 Å². The van der Waals surface area contributed by atoms with E-state index in [-0.39, 0.29) is 5.92 Å². The molecule has 2 atom stereocenters. The fraction of sp³-hybridized carbons (Fsp3) is 0.364. The van der Waals surface area contributed by atoms with Crippen LogP contribution >= 0.6 is 0 Å². The molecule has 0 radical (unpaired) electrons. The van der Waals surface area contributed by atoms with Crippen molar-refractivity contribution in [2.75, 3.05) is 27.2 Å². The number of rotatable bonds is 9. The Morgan fingerprint density at radius 2 is 1.64 bits per heavy atom. The van der Waals surface area contributed by atoms with Gasteiger partial charge in [-0.3, -0.25) is 4.79 Å². The van der Waals surface area contributed by atoms with Crippen LogP contribution in [0.1, 0.15) is 18.1 Å². The Bertz CT molecular complexity index is 765. The third-order valence-corrected chi connectivity index (χ3v) is 4.67. The number of hydrogen-bond acceptors (Lipinski definition) is 4. The maximum Gasteiger partial charge on any atom is 0.408 e. The standard InChI is InChI=1S/C22H28N2O4/c1-17(16-24(2)3)22(19-12-8-5-9-13-19,14-18-10-6-4-7-11-18)28-21(27)23-15-20(25)26/h4-13,17H,14-16H2,1-3H3,(H,23,27)(H,25,26)/t17-,22+/m1/s1. The summed E-state index contributed by atoms with van der Waals surface area (Å²) < 4.78 is 6.00. The minimum absolute atomic E-state index is 0.0549. The van der Waals surface area contributed by atoms with Crippen molar-refractivity contribution >= 4 is 12.1 Å². The zero-order valence-electron chi connectivity index (χ0n) is 16.6. The molecule has 1 amide bonds. The average Bonchev–Trinajstić information content (AvgIpc) is 2.66. The summed E-state index contributed by atoms with van der Waals surface area (Å²) in [6.45, 7) is 2.24. The lowest BCUT2D eigenvalue weighted by atomic mass is 9.77. The second-order valence-corrected chi connectivity index (χ2v) is 7.22. The topological polar surface area (TPSA) is 78.9 Å². The minimum atomic E-state index is -1.12. The molecule has 0 aliphatic heterocycles. The second kappa shape index (κ2) is 9.90. The van der Waals surface area contributed by atoms with Gasteiger partial charge in [-0.2, -0.15) is 0 Å². The van der Waals surface area contributed by atoms with Crippen LogP contribution in [0.2, 0.25) is 0 Å². The van der Waals surface area contributed by atoms with Gasteiger partial charge in [-0.1, -0.05) is 67.6 Å². The van der Waals surface area contributed by atoms with Gasteiger partial charge in [-0.25, -0.2) is 4.79 Å². The minimum Gasteiger partial charge on any atom is -0.480 e. The van der Waals surface area contributed by atoms with Crippen LogP contribution in [-0.4, -0.2) is 49.3 Å². The van der Waals surface area contributed by atoms with Crippen LogP contribution in [0.4, 0.5) is 4.79 Å². The number of carboxylic acids is 1. The Labute approximate surface area is 166 Å². The molecule has 2 N–H and O–H groups in total.